The van der Waals surface area contributed by atoms with Crippen LogP contribution in [0.1, 0.15) is 159 Å². The van der Waals surface area contributed by atoms with Crippen molar-refractivity contribution < 1.29 is 0 Å². The molecule has 3 heterocycles. The Morgan fingerprint density at radius 3 is 1.74 bits per heavy atom. The molecule has 9 aromatic carbocycles. The maximum atomic E-state index is 2.77. The van der Waals surface area contributed by atoms with Gasteiger partial charge in [-0.3, -0.25) is 0 Å². The van der Waals surface area contributed by atoms with Crippen LogP contribution >= 0.6 is 0 Å². The summed E-state index contributed by atoms with van der Waals surface area (Å²) < 4.78 is 0. The average molecular weight is 1060 g/mol. The molecule has 2 aliphatic carbocycles. The molecule has 0 saturated heterocycles. The van der Waals surface area contributed by atoms with Gasteiger partial charge in [0.1, 0.15) is 0 Å². The highest BCUT2D eigenvalue weighted by Gasteiger charge is 2.51. The maximum absolute atomic E-state index is 2.77. The Labute approximate surface area is 483 Å². The molecule has 9 aromatic rings. The van der Waals surface area contributed by atoms with Crippen molar-refractivity contribution >= 4 is 63.3 Å². The summed E-state index contributed by atoms with van der Waals surface area (Å²) in [5.41, 5.74) is 31.5. The highest BCUT2D eigenvalue weighted by Crippen LogP contribution is 2.59. The molecule has 0 unspecified atom stereocenters. The second-order valence-corrected chi connectivity index (χ2v) is 28.1. The third-order valence-electron chi connectivity index (χ3n) is 20.5. The van der Waals surface area contributed by atoms with E-state index in [4.69, 9.17) is 0 Å². The lowest BCUT2D eigenvalue weighted by molar-refractivity contribution is 0.331. The van der Waals surface area contributed by atoms with Gasteiger partial charge in [-0.2, -0.15) is 0 Å². The first-order valence-corrected chi connectivity index (χ1v) is 30.1. The lowest BCUT2D eigenvalue weighted by atomic mass is 9.42. The van der Waals surface area contributed by atoms with Crippen molar-refractivity contribution in [1.29, 1.82) is 0 Å². The van der Waals surface area contributed by atoms with Gasteiger partial charge in [0.05, 0.1) is 5.69 Å². The Morgan fingerprint density at radius 1 is 0.420 bits per heavy atom. The summed E-state index contributed by atoms with van der Waals surface area (Å²) in [6, 6.07) is 70.7. The number of fused-ring (bicyclic) bond motifs is 8. The molecule has 0 aromatic heterocycles. The molecule has 0 radical (unpaired) electrons. The van der Waals surface area contributed by atoms with Crippen molar-refractivity contribution in [3.8, 4) is 33.4 Å². The van der Waals surface area contributed by atoms with Crippen molar-refractivity contribution in [3.05, 3.63) is 226 Å². The van der Waals surface area contributed by atoms with Gasteiger partial charge in [-0.25, -0.2) is 0 Å². The minimum Gasteiger partial charge on any atom is -0.376 e. The van der Waals surface area contributed by atoms with Crippen LogP contribution in [0.15, 0.2) is 182 Å². The number of para-hydroxylation sites is 1. The summed E-state index contributed by atoms with van der Waals surface area (Å²) in [5.74, 6) is 0.297. The fourth-order valence-electron chi connectivity index (χ4n) is 15.3. The van der Waals surface area contributed by atoms with Gasteiger partial charge in [-0.05, 0) is 210 Å². The minimum atomic E-state index is -0.243. The van der Waals surface area contributed by atoms with E-state index in [0.29, 0.717) is 5.92 Å². The van der Waals surface area contributed by atoms with E-state index in [0.717, 1.165) is 23.5 Å². The van der Waals surface area contributed by atoms with Crippen molar-refractivity contribution in [3.63, 3.8) is 0 Å². The van der Waals surface area contributed by atoms with Crippen LogP contribution in [-0.2, 0) is 27.1 Å². The second kappa shape index (κ2) is 18.0. The molecule has 0 N–H and O–H groups in total. The van der Waals surface area contributed by atoms with Crippen LogP contribution < -0.4 is 25.5 Å². The molecule has 81 heavy (non-hydrogen) atoms. The van der Waals surface area contributed by atoms with E-state index in [1.807, 2.05) is 0 Å². The number of anilines is 8. The third-order valence-corrected chi connectivity index (χ3v) is 20.5. The fraction of sp³-hybridized carbons (Fsp3) is 0.299. The maximum Gasteiger partial charge on any atom is 0.333 e. The highest BCUT2D eigenvalue weighted by molar-refractivity contribution is 6.93. The molecule has 14 rings (SSSR count). The Hall–Kier alpha value is -7.56. The number of nitrogens with zero attached hydrogens (tertiary/aromatic N) is 3. The zero-order chi connectivity index (χ0) is 56.3. The second-order valence-electron chi connectivity index (χ2n) is 28.1. The molecule has 404 valence electrons. The van der Waals surface area contributed by atoms with Crippen LogP contribution in [-0.4, -0.2) is 6.85 Å². The molecule has 4 heteroatoms. The lowest BCUT2D eigenvalue weighted by Crippen LogP contribution is -2.62. The Morgan fingerprint density at radius 2 is 1.04 bits per heavy atom. The fourth-order valence-corrected chi connectivity index (χ4v) is 15.3. The lowest BCUT2D eigenvalue weighted by Gasteiger charge is -2.52. The van der Waals surface area contributed by atoms with E-state index < -0.39 is 0 Å². The first-order chi connectivity index (χ1) is 38.6. The molecular weight excluding hydrogens is 978 g/mol. The zero-order valence-corrected chi connectivity index (χ0v) is 50.1. The van der Waals surface area contributed by atoms with Crippen molar-refractivity contribution in [2.45, 2.75) is 149 Å². The van der Waals surface area contributed by atoms with Gasteiger partial charge in [-0.15, -0.1) is 0 Å². The van der Waals surface area contributed by atoms with Gasteiger partial charge in [0.25, 0.3) is 0 Å². The molecule has 0 amide bonds. The zero-order valence-electron chi connectivity index (χ0n) is 50.1. The molecule has 0 saturated carbocycles. The van der Waals surface area contributed by atoms with Crippen molar-refractivity contribution in [2.24, 2.45) is 0 Å². The van der Waals surface area contributed by atoms with Gasteiger partial charge in [0.2, 0.25) is 0 Å². The number of hydrogen-bond acceptors (Lipinski definition) is 3. The van der Waals surface area contributed by atoms with Gasteiger partial charge < -0.3 is 14.6 Å². The van der Waals surface area contributed by atoms with Gasteiger partial charge >= 0.3 is 6.85 Å². The van der Waals surface area contributed by atoms with E-state index in [-0.39, 0.29) is 33.9 Å². The molecule has 0 spiro atoms. The standard InChI is InChI=1S/C77H78BN3/c1-48(2)53-42-60-59-44-56(79(55-25-19-24-52(41-55)50-22-15-14-16-23-50)54-31-29-51(30-32-54)58-26-18-17-21-49(58)3)34-36-68(59)81(57-33-35-61-63(45-57)74(6,7)38-37-73(61,4)5)78-67-28-20-27-62-72(67)80(70(43-53)71(60)78)69-47-65-64(46-66(69)77(62,12)13)75(8,9)39-40-76(65,10)11/h14-36,41-48H,37-40H2,1-13H3. The van der Waals surface area contributed by atoms with E-state index in [1.165, 1.54) is 137 Å². The van der Waals surface area contributed by atoms with E-state index in [1.54, 1.807) is 0 Å². The first-order valence-electron chi connectivity index (χ1n) is 30.1. The molecule has 3 nitrogen and oxygen atoms in total. The Kier molecular flexibility index (Phi) is 11.4. The van der Waals surface area contributed by atoms with Crippen LogP contribution in [0.2, 0.25) is 0 Å². The van der Waals surface area contributed by atoms with Crippen LogP contribution in [0.3, 0.4) is 0 Å². The summed E-state index contributed by atoms with van der Waals surface area (Å²) >= 11 is 0. The summed E-state index contributed by atoms with van der Waals surface area (Å²) in [4.78, 5) is 8.01. The molecule has 0 atom stereocenters. The monoisotopic (exact) mass is 1060 g/mol. The molecule has 3 aliphatic heterocycles. The minimum absolute atomic E-state index is 0.0343. The highest BCUT2D eigenvalue weighted by atomic mass is 15.2. The molecule has 5 aliphatic rings. The number of aryl methyl sites for hydroxylation is 1. The van der Waals surface area contributed by atoms with Crippen LogP contribution in [0.5, 0.6) is 0 Å². The predicted octanol–water partition coefficient (Wildman–Crippen LogP) is 20.0. The molecule has 0 fully saturated rings. The van der Waals surface area contributed by atoms with Crippen molar-refractivity contribution in [2.75, 3.05) is 14.6 Å². The smallest absolute Gasteiger partial charge is 0.333 e. The molecular formula is C77H78BN3. The summed E-state index contributed by atoms with van der Waals surface area (Å²) in [5, 5.41) is 0. The van der Waals surface area contributed by atoms with E-state index in [9.17, 15) is 0 Å². The average Bonchev–Trinajstić information content (AvgIpc) is 2.44. The van der Waals surface area contributed by atoms with E-state index >= 15 is 0 Å². The number of benzene rings is 9. The van der Waals surface area contributed by atoms with Gasteiger partial charge in [0.15, 0.2) is 0 Å². The topological polar surface area (TPSA) is 9.72 Å². The predicted molar refractivity (Wildman–Crippen MR) is 347 cm³/mol. The third kappa shape index (κ3) is 7.89. The summed E-state index contributed by atoms with van der Waals surface area (Å²) in [6.07, 6.45) is 4.70. The van der Waals surface area contributed by atoms with Gasteiger partial charge in [0, 0.05) is 50.8 Å². The van der Waals surface area contributed by atoms with Crippen LogP contribution in [0.4, 0.5) is 45.5 Å². The quantitative estimate of drug-likeness (QED) is 0.147. The summed E-state index contributed by atoms with van der Waals surface area (Å²) in [6.45, 7) is 31.7. The Bertz CT molecular complexity index is 4040. The summed E-state index contributed by atoms with van der Waals surface area (Å²) in [7, 11) is 0. The Balaban J connectivity index is 1.06. The SMILES string of the molecule is Cc1ccccc1-c1ccc(N(c2cccc(-c3ccccc3)c2)c2ccc3c(c2)-c2cc(C(C)C)cc4c2B(c2cccc5c2N4c2cc4c(cc2C5(C)C)C(C)(C)CCC4(C)C)N3c2ccc3c(c2)C(C)(C)CCC3(C)C)cc1. The van der Waals surface area contributed by atoms with Crippen molar-refractivity contribution in [1.82, 2.24) is 0 Å². The largest absolute Gasteiger partial charge is 0.376 e. The number of rotatable bonds is 7. The van der Waals surface area contributed by atoms with Gasteiger partial charge in [-0.1, -0.05) is 198 Å². The normalized spacial score (nSPS) is 17.8. The number of hydrogen-bond donors (Lipinski definition) is 0. The van der Waals surface area contributed by atoms with E-state index in [2.05, 4.69) is 287 Å². The van der Waals surface area contributed by atoms with Crippen LogP contribution in [0.25, 0.3) is 33.4 Å². The molecule has 0 bridgehead atoms. The first kappa shape index (κ1) is 51.6. The van der Waals surface area contributed by atoms with Crippen LogP contribution in [0, 0.1) is 6.92 Å².